The molecule has 1 amide bonds. The molecule has 3 rings (SSSR count). The summed E-state index contributed by atoms with van der Waals surface area (Å²) in [5, 5.41) is 11.8. The number of halogens is 1. The molecule has 3 N–H and O–H groups in total. The van der Waals surface area contributed by atoms with Crippen molar-refractivity contribution in [1.82, 2.24) is 14.9 Å². The van der Waals surface area contributed by atoms with Crippen molar-refractivity contribution in [3.8, 4) is 11.4 Å². The van der Waals surface area contributed by atoms with E-state index in [9.17, 15) is 4.79 Å². The van der Waals surface area contributed by atoms with Crippen molar-refractivity contribution in [1.29, 1.82) is 0 Å². The molecule has 0 spiro atoms. The Balaban J connectivity index is 1.75. The maximum absolute atomic E-state index is 12.6. The molecule has 1 heterocycles. The van der Waals surface area contributed by atoms with Crippen LogP contribution in [0, 0.1) is 13.8 Å². The Kier molecular flexibility index (Phi) is 5.72. The second kappa shape index (κ2) is 8.02. The van der Waals surface area contributed by atoms with E-state index in [0.29, 0.717) is 21.6 Å². The predicted molar refractivity (Wildman–Crippen MR) is 110 cm³/mol. The van der Waals surface area contributed by atoms with Crippen LogP contribution in [0.3, 0.4) is 0 Å². The Hall–Kier alpha value is -2.51. The summed E-state index contributed by atoms with van der Waals surface area (Å²) < 4.78 is 1.35. The first kappa shape index (κ1) is 19.3. The number of aromatic nitrogens is 3. The Morgan fingerprint density at radius 1 is 1.22 bits per heavy atom. The van der Waals surface area contributed by atoms with Crippen LogP contribution < -0.4 is 11.2 Å². The minimum absolute atomic E-state index is 0.129. The third-order valence-electron chi connectivity index (χ3n) is 4.08. The number of hydrogen-bond donors (Lipinski definition) is 2. The van der Waals surface area contributed by atoms with Gasteiger partial charge >= 0.3 is 0 Å². The zero-order chi connectivity index (χ0) is 19.6. The molecule has 0 radical (unpaired) electrons. The van der Waals surface area contributed by atoms with Crippen LogP contribution >= 0.6 is 23.4 Å². The molecule has 6 nitrogen and oxygen atoms in total. The molecule has 2 aromatic carbocycles. The monoisotopic (exact) mass is 401 g/mol. The average molecular weight is 402 g/mol. The molecular weight excluding hydrogens is 382 g/mol. The maximum Gasteiger partial charge on any atom is 0.237 e. The van der Waals surface area contributed by atoms with E-state index in [4.69, 9.17) is 17.4 Å². The van der Waals surface area contributed by atoms with E-state index >= 15 is 0 Å². The van der Waals surface area contributed by atoms with Crippen molar-refractivity contribution < 1.29 is 4.79 Å². The molecule has 0 saturated carbocycles. The van der Waals surface area contributed by atoms with Gasteiger partial charge in [0.15, 0.2) is 5.82 Å². The highest BCUT2D eigenvalue weighted by Crippen LogP contribution is 2.29. The molecule has 140 valence electrons. The molecule has 0 fully saturated rings. The standard InChI is InChI=1S/C19H20ClN5OS/c1-11-8-9-12(2)16(10-11)22-18(26)13(3)27-19-24-23-17(25(19)21)14-6-4-5-7-15(14)20/h4-10,13H,21H2,1-3H3,(H,22,26)/t13-/m1/s1. The van der Waals surface area contributed by atoms with E-state index in [2.05, 4.69) is 15.5 Å². The smallest absolute Gasteiger partial charge is 0.237 e. The lowest BCUT2D eigenvalue weighted by atomic mass is 10.1. The lowest BCUT2D eigenvalue weighted by molar-refractivity contribution is -0.115. The zero-order valence-electron chi connectivity index (χ0n) is 15.2. The maximum atomic E-state index is 12.6. The van der Waals surface area contributed by atoms with Gasteiger partial charge in [0, 0.05) is 11.3 Å². The van der Waals surface area contributed by atoms with Crippen LogP contribution in [0.4, 0.5) is 5.69 Å². The van der Waals surface area contributed by atoms with Crippen molar-refractivity contribution in [2.45, 2.75) is 31.2 Å². The lowest BCUT2D eigenvalue weighted by Crippen LogP contribution is -2.24. The van der Waals surface area contributed by atoms with E-state index in [1.807, 2.05) is 50.2 Å². The Labute approximate surface area is 167 Å². The first-order valence-electron chi connectivity index (χ1n) is 8.37. The largest absolute Gasteiger partial charge is 0.335 e. The fourth-order valence-electron chi connectivity index (χ4n) is 2.50. The first-order valence-corrected chi connectivity index (χ1v) is 9.62. The minimum atomic E-state index is -0.407. The number of carbonyl (C=O) groups is 1. The summed E-state index contributed by atoms with van der Waals surface area (Å²) in [6.45, 7) is 5.74. The van der Waals surface area contributed by atoms with Crippen LogP contribution in [0.5, 0.6) is 0 Å². The number of nitrogen functional groups attached to an aromatic ring is 1. The Morgan fingerprint density at radius 3 is 2.70 bits per heavy atom. The van der Waals surface area contributed by atoms with E-state index in [-0.39, 0.29) is 5.91 Å². The summed E-state index contributed by atoms with van der Waals surface area (Å²) in [5.74, 6) is 6.45. The third kappa shape index (κ3) is 4.26. The fourth-order valence-corrected chi connectivity index (χ4v) is 3.49. The number of aryl methyl sites for hydroxylation is 2. The fraction of sp³-hybridized carbons (Fsp3) is 0.211. The van der Waals surface area contributed by atoms with Crippen molar-refractivity contribution in [3.63, 3.8) is 0 Å². The van der Waals surface area contributed by atoms with E-state index in [1.54, 1.807) is 13.0 Å². The quantitative estimate of drug-likeness (QED) is 0.497. The number of anilines is 1. The van der Waals surface area contributed by atoms with Gasteiger partial charge in [0.2, 0.25) is 11.1 Å². The molecule has 1 aromatic heterocycles. The molecule has 8 heteroatoms. The van der Waals surface area contributed by atoms with Crippen molar-refractivity contribution >= 4 is 35.0 Å². The summed E-state index contributed by atoms with van der Waals surface area (Å²) in [4.78, 5) is 12.6. The molecule has 0 unspecified atom stereocenters. The van der Waals surface area contributed by atoms with Gasteiger partial charge in [-0.05, 0) is 50.1 Å². The number of thioether (sulfide) groups is 1. The molecule has 0 saturated heterocycles. The highest BCUT2D eigenvalue weighted by atomic mass is 35.5. The first-order chi connectivity index (χ1) is 12.9. The highest BCUT2D eigenvalue weighted by molar-refractivity contribution is 8.00. The van der Waals surface area contributed by atoms with Gasteiger partial charge < -0.3 is 11.2 Å². The summed E-state index contributed by atoms with van der Waals surface area (Å²) >= 11 is 7.44. The zero-order valence-corrected chi connectivity index (χ0v) is 16.8. The van der Waals surface area contributed by atoms with Gasteiger partial charge in [-0.15, -0.1) is 10.2 Å². The molecule has 0 aliphatic carbocycles. The van der Waals surface area contributed by atoms with Crippen LogP contribution in [0.2, 0.25) is 5.02 Å². The van der Waals surface area contributed by atoms with Crippen LogP contribution in [-0.2, 0) is 4.79 Å². The summed E-state index contributed by atoms with van der Waals surface area (Å²) in [6.07, 6.45) is 0. The van der Waals surface area contributed by atoms with Crippen molar-refractivity contribution in [2.24, 2.45) is 0 Å². The number of carbonyl (C=O) groups excluding carboxylic acids is 1. The average Bonchev–Trinajstić information content (AvgIpc) is 2.99. The number of rotatable bonds is 5. The second-order valence-electron chi connectivity index (χ2n) is 6.22. The highest BCUT2D eigenvalue weighted by Gasteiger charge is 2.21. The number of nitrogens with zero attached hydrogens (tertiary/aromatic N) is 3. The SMILES string of the molecule is Cc1ccc(C)c(NC(=O)[C@@H](C)Sc2nnc(-c3ccccc3Cl)n2N)c1. The second-order valence-corrected chi connectivity index (χ2v) is 7.94. The van der Waals surface area contributed by atoms with E-state index in [1.165, 1.54) is 16.4 Å². The normalized spacial score (nSPS) is 12.0. The van der Waals surface area contributed by atoms with Crippen molar-refractivity contribution in [2.75, 3.05) is 11.2 Å². The molecule has 0 aliphatic rings. The Morgan fingerprint density at radius 2 is 1.96 bits per heavy atom. The minimum Gasteiger partial charge on any atom is -0.335 e. The van der Waals surface area contributed by atoms with Gasteiger partial charge in [0.1, 0.15) is 0 Å². The molecule has 27 heavy (non-hydrogen) atoms. The van der Waals surface area contributed by atoms with Crippen LogP contribution in [0.25, 0.3) is 11.4 Å². The summed E-state index contributed by atoms with van der Waals surface area (Å²) in [6, 6.07) is 13.2. The van der Waals surface area contributed by atoms with Crippen molar-refractivity contribution in [3.05, 3.63) is 58.6 Å². The van der Waals surface area contributed by atoms with Gasteiger partial charge in [0.05, 0.1) is 10.3 Å². The summed E-state index contributed by atoms with van der Waals surface area (Å²) in [7, 11) is 0. The Bertz CT molecular complexity index is 988. The van der Waals surface area contributed by atoms with E-state index in [0.717, 1.165) is 16.8 Å². The third-order valence-corrected chi connectivity index (χ3v) is 5.47. The lowest BCUT2D eigenvalue weighted by Gasteiger charge is -2.13. The molecule has 3 aromatic rings. The topological polar surface area (TPSA) is 85.8 Å². The van der Waals surface area contributed by atoms with E-state index < -0.39 is 5.25 Å². The summed E-state index contributed by atoms with van der Waals surface area (Å²) in [5.41, 5.74) is 3.59. The van der Waals surface area contributed by atoms with Gasteiger partial charge in [-0.25, -0.2) is 4.68 Å². The number of nitrogens with one attached hydrogen (secondary N) is 1. The number of nitrogens with two attached hydrogens (primary N) is 1. The number of benzene rings is 2. The number of amides is 1. The van der Waals surface area contributed by atoms with Crippen LogP contribution in [-0.4, -0.2) is 26.0 Å². The predicted octanol–water partition coefficient (Wildman–Crippen LogP) is 4.05. The van der Waals surface area contributed by atoms with Crippen LogP contribution in [0.1, 0.15) is 18.1 Å². The molecule has 0 bridgehead atoms. The van der Waals surface area contributed by atoms with Gasteiger partial charge in [-0.1, -0.05) is 47.6 Å². The molecular formula is C19H20ClN5OS. The van der Waals surface area contributed by atoms with Gasteiger partial charge in [-0.2, -0.15) is 0 Å². The molecule has 1 atom stereocenters. The van der Waals surface area contributed by atoms with Gasteiger partial charge in [-0.3, -0.25) is 4.79 Å². The van der Waals surface area contributed by atoms with Gasteiger partial charge in [0.25, 0.3) is 0 Å². The van der Waals surface area contributed by atoms with Crippen LogP contribution in [0.15, 0.2) is 47.6 Å². The number of hydrogen-bond acceptors (Lipinski definition) is 5. The molecule has 0 aliphatic heterocycles.